The van der Waals surface area contributed by atoms with Gasteiger partial charge in [0.15, 0.2) is 0 Å². The van der Waals surface area contributed by atoms with E-state index >= 15 is 0 Å². The molecule has 0 saturated carbocycles. The molecule has 1 aromatic heterocycles. The van der Waals surface area contributed by atoms with Gasteiger partial charge in [0.05, 0.1) is 17.1 Å². The molecule has 8 heteroatoms. The maximum Gasteiger partial charge on any atom is 0.409 e. The molecule has 4 rings (SSSR count). The Bertz CT molecular complexity index is 1060. The van der Waals surface area contributed by atoms with E-state index in [1.165, 1.54) is 0 Å². The minimum absolute atomic E-state index is 0.0490. The van der Waals surface area contributed by atoms with E-state index in [9.17, 15) is 9.59 Å². The molecule has 2 aliphatic rings. The number of nitrogens with two attached hydrogens (primary N) is 1. The van der Waals surface area contributed by atoms with Crippen LogP contribution >= 0.6 is 11.6 Å². The van der Waals surface area contributed by atoms with Gasteiger partial charge in [-0.05, 0) is 69.2 Å². The van der Waals surface area contributed by atoms with Crippen LogP contribution in [0.3, 0.4) is 0 Å². The Kier molecular flexibility index (Phi) is 7.94. The van der Waals surface area contributed by atoms with E-state index in [2.05, 4.69) is 6.92 Å². The molecule has 1 aromatic carbocycles. The number of halogens is 1. The van der Waals surface area contributed by atoms with Crippen LogP contribution in [0.1, 0.15) is 61.1 Å². The van der Waals surface area contributed by atoms with Crippen molar-refractivity contribution in [3.63, 3.8) is 0 Å². The Balaban J connectivity index is 1.48. The van der Waals surface area contributed by atoms with Crippen molar-refractivity contribution in [3.05, 3.63) is 40.0 Å². The molecule has 2 amide bonds. The number of aromatic nitrogens is 1. The Morgan fingerprint density at radius 3 is 2.85 bits per heavy atom. The number of unbranched alkanes of at least 4 members (excludes halogenated alkanes) is 1. The molecule has 184 valence electrons. The molecule has 2 heterocycles. The van der Waals surface area contributed by atoms with Crippen molar-refractivity contribution in [2.24, 2.45) is 11.7 Å². The summed E-state index contributed by atoms with van der Waals surface area (Å²) in [5.41, 5.74) is 9.29. The van der Waals surface area contributed by atoms with Crippen LogP contribution in [-0.2, 0) is 17.6 Å². The maximum atomic E-state index is 13.3. The minimum atomic E-state index is -0.296. The van der Waals surface area contributed by atoms with Crippen LogP contribution in [-0.4, -0.2) is 65.6 Å². The predicted molar refractivity (Wildman–Crippen MR) is 134 cm³/mol. The second kappa shape index (κ2) is 10.9. The van der Waals surface area contributed by atoms with Gasteiger partial charge in [0.1, 0.15) is 0 Å². The molecule has 2 N–H and O–H groups in total. The smallest absolute Gasteiger partial charge is 0.409 e. The number of aryl methyl sites for hydroxylation is 1. The SMILES string of the molecule is CCCCOC(=O)N1CCN(C(=O)c2ccc3c(Cl)c4c(nc3c2)CCC(CCN)C4)C(C)C1. The fraction of sp³-hybridized carbons (Fsp3) is 0.577. The number of hydrogen-bond acceptors (Lipinski definition) is 5. The second-order valence-corrected chi connectivity index (χ2v) is 9.91. The van der Waals surface area contributed by atoms with E-state index in [-0.39, 0.29) is 18.0 Å². The van der Waals surface area contributed by atoms with Gasteiger partial charge in [0.25, 0.3) is 5.91 Å². The lowest BCUT2D eigenvalue weighted by Crippen LogP contribution is -2.55. The fourth-order valence-corrected chi connectivity index (χ4v) is 5.40. The van der Waals surface area contributed by atoms with Gasteiger partial charge < -0.3 is 20.3 Å². The summed E-state index contributed by atoms with van der Waals surface area (Å²) in [4.78, 5) is 34.1. The number of hydrogen-bond donors (Lipinski definition) is 1. The van der Waals surface area contributed by atoms with Crippen LogP contribution < -0.4 is 5.73 Å². The van der Waals surface area contributed by atoms with Gasteiger partial charge in [-0.25, -0.2) is 4.79 Å². The van der Waals surface area contributed by atoms with E-state index in [0.29, 0.717) is 44.3 Å². The molecule has 0 radical (unpaired) electrons. The van der Waals surface area contributed by atoms with Gasteiger partial charge in [-0.1, -0.05) is 31.0 Å². The molecule has 7 nitrogen and oxygen atoms in total. The van der Waals surface area contributed by atoms with Crippen molar-refractivity contribution in [1.29, 1.82) is 0 Å². The molecule has 0 spiro atoms. The zero-order valence-electron chi connectivity index (χ0n) is 20.2. The van der Waals surface area contributed by atoms with E-state index in [1.807, 2.05) is 30.0 Å². The molecule has 2 unspecified atom stereocenters. The Morgan fingerprint density at radius 1 is 1.29 bits per heavy atom. The minimum Gasteiger partial charge on any atom is -0.449 e. The first-order chi connectivity index (χ1) is 16.4. The van der Waals surface area contributed by atoms with Crippen molar-refractivity contribution >= 4 is 34.5 Å². The van der Waals surface area contributed by atoms with Crippen LogP contribution in [0.2, 0.25) is 5.02 Å². The quantitative estimate of drug-likeness (QED) is 0.610. The summed E-state index contributed by atoms with van der Waals surface area (Å²) >= 11 is 6.80. The summed E-state index contributed by atoms with van der Waals surface area (Å²) in [6.07, 6.45) is 5.42. The van der Waals surface area contributed by atoms with Crippen molar-refractivity contribution < 1.29 is 14.3 Å². The topological polar surface area (TPSA) is 88.8 Å². The number of ether oxygens (including phenoxy) is 1. The van der Waals surface area contributed by atoms with Crippen LogP contribution in [0.15, 0.2) is 18.2 Å². The first-order valence-corrected chi connectivity index (χ1v) is 12.8. The van der Waals surface area contributed by atoms with Crippen molar-refractivity contribution in [3.8, 4) is 0 Å². The molecule has 1 aliphatic heterocycles. The molecule has 0 bridgehead atoms. The average molecular weight is 487 g/mol. The van der Waals surface area contributed by atoms with E-state index < -0.39 is 0 Å². The predicted octanol–water partition coefficient (Wildman–Crippen LogP) is 4.42. The molecule has 1 aliphatic carbocycles. The normalized spacial score (nSPS) is 20.4. The second-order valence-electron chi connectivity index (χ2n) is 9.53. The third-order valence-electron chi connectivity index (χ3n) is 7.08. The largest absolute Gasteiger partial charge is 0.449 e. The summed E-state index contributed by atoms with van der Waals surface area (Å²) in [5, 5.41) is 1.64. The molecule has 1 fully saturated rings. The van der Waals surface area contributed by atoms with Gasteiger partial charge in [0, 0.05) is 42.3 Å². The van der Waals surface area contributed by atoms with Gasteiger partial charge in [-0.2, -0.15) is 0 Å². The molecule has 34 heavy (non-hydrogen) atoms. The summed E-state index contributed by atoms with van der Waals surface area (Å²) < 4.78 is 5.33. The number of benzene rings is 1. The van der Waals surface area contributed by atoms with Crippen LogP contribution in [0.4, 0.5) is 4.79 Å². The number of rotatable bonds is 6. The number of carbonyl (C=O) groups excluding carboxylic acids is 2. The fourth-order valence-electron chi connectivity index (χ4n) is 5.06. The zero-order valence-corrected chi connectivity index (χ0v) is 20.9. The van der Waals surface area contributed by atoms with Crippen molar-refractivity contribution in [1.82, 2.24) is 14.8 Å². The number of nitrogens with zero attached hydrogens (tertiary/aromatic N) is 3. The molecular formula is C26H35ClN4O3. The number of piperazine rings is 1. The summed E-state index contributed by atoms with van der Waals surface area (Å²) in [7, 11) is 0. The lowest BCUT2D eigenvalue weighted by atomic mass is 9.84. The first kappa shape index (κ1) is 24.7. The lowest BCUT2D eigenvalue weighted by molar-refractivity contribution is 0.0411. The van der Waals surface area contributed by atoms with Gasteiger partial charge in [0.2, 0.25) is 0 Å². The van der Waals surface area contributed by atoms with Crippen molar-refractivity contribution in [2.45, 2.75) is 58.4 Å². The average Bonchev–Trinajstić information content (AvgIpc) is 2.84. The summed E-state index contributed by atoms with van der Waals surface area (Å²) in [5.74, 6) is 0.506. The molecular weight excluding hydrogens is 452 g/mol. The summed E-state index contributed by atoms with van der Waals surface area (Å²) in [6.45, 7) is 6.56. The van der Waals surface area contributed by atoms with E-state index in [0.717, 1.165) is 65.7 Å². The highest BCUT2D eigenvalue weighted by molar-refractivity contribution is 6.36. The van der Waals surface area contributed by atoms with Crippen LogP contribution in [0.5, 0.6) is 0 Å². The number of pyridine rings is 1. The van der Waals surface area contributed by atoms with Gasteiger partial charge >= 0.3 is 6.09 Å². The Labute approximate surface area is 206 Å². The zero-order chi connectivity index (χ0) is 24.2. The highest BCUT2D eigenvalue weighted by Crippen LogP contribution is 2.36. The van der Waals surface area contributed by atoms with E-state index in [4.69, 9.17) is 27.1 Å². The first-order valence-electron chi connectivity index (χ1n) is 12.5. The Morgan fingerprint density at radius 2 is 2.12 bits per heavy atom. The number of carbonyl (C=O) groups is 2. The van der Waals surface area contributed by atoms with Crippen LogP contribution in [0.25, 0.3) is 10.9 Å². The third-order valence-corrected chi connectivity index (χ3v) is 7.51. The maximum absolute atomic E-state index is 13.3. The number of amides is 2. The van der Waals surface area contributed by atoms with Crippen LogP contribution in [0, 0.1) is 5.92 Å². The van der Waals surface area contributed by atoms with E-state index in [1.54, 1.807) is 4.90 Å². The lowest BCUT2D eigenvalue weighted by Gasteiger charge is -2.39. The standard InChI is InChI=1S/C26H35ClN4O3/c1-3-4-13-34-26(33)30-11-12-31(17(2)16-30)25(32)19-6-7-20-23(15-19)29-22-8-5-18(9-10-28)14-21(22)24(20)27/h6-7,15,17-18H,3-5,8-14,16,28H2,1-2H3. The van der Waals surface area contributed by atoms with Gasteiger partial charge in [-0.3, -0.25) is 9.78 Å². The molecule has 1 saturated heterocycles. The highest BCUT2D eigenvalue weighted by atomic mass is 35.5. The monoisotopic (exact) mass is 486 g/mol. The van der Waals surface area contributed by atoms with Crippen molar-refractivity contribution in [2.75, 3.05) is 32.8 Å². The molecule has 2 aromatic rings. The Hall–Kier alpha value is -2.38. The third kappa shape index (κ3) is 5.15. The molecule has 2 atom stereocenters. The summed E-state index contributed by atoms with van der Waals surface area (Å²) in [6, 6.07) is 5.50. The highest BCUT2D eigenvalue weighted by Gasteiger charge is 2.31. The van der Waals surface area contributed by atoms with Gasteiger partial charge in [-0.15, -0.1) is 0 Å². The number of fused-ring (bicyclic) bond motifs is 2.